The zero-order valence-electron chi connectivity index (χ0n) is 9.90. The van der Waals surface area contributed by atoms with Crippen molar-refractivity contribution < 1.29 is 8.42 Å². The maximum Gasteiger partial charge on any atom is 0.240 e. The van der Waals surface area contributed by atoms with Gasteiger partial charge in [0.05, 0.1) is 4.90 Å². The van der Waals surface area contributed by atoms with Crippen molar-refractivity contribution in [2.24, 2.45) is 5.92 Å². The van der Waals surface area contributed by atoms with Crippen LogP contribution >= 0.6 is 15.9 Å². The number of halogens is 1. The zero-order valence-corrected chi connectivity index (χ0v) is 12.3. The van der Waals surface area contributed by atoms with Crippen LogP contribution in [0.25, 0.3) is 0 Å². The van der Waals surface area contributed by atoms with Gasteiger partial charge in [-0.15, -0.1) is 0 Å². The van der Waals surface area contributed by atoms with Crippen LogP contribution in [0.5, 0.6) is 0 Å². The Balaban J connectivity index is 2.76. The average Bonchev–Trinajstić information content (AvgIpc) is 2.26. The number of aryl methyl sites for hydroxylation is 1. The lowest BCUT2D eigenvalue weighted by Crippen LogP contribution is -2.28. The van der Waals surface area contributed by atoms with Crippen LogP contribution in [0, 0.1) is 12.8 Å². The van der Waals surface area contributed by atoms with Crippen LogP contribution in [0.15, 0.2) is 40.2 Å². The Morgan fingerprint density at radius 3 is 2.41 bits per heavy atom. The van der Waals surface area contributed by atoms with Gasteiger partial charge in [0.25, 0.3) is 0 Å². The quantitative estimate of drug-likeness (QED) is 0.907. The summed E-state index contributed by atoms with van der Waals surface area (Å²) in [7, 11) is -3.42. The Bertz CT molecular complexity index is 494. The van der Waals surface area contributed by atoms with Crippen LogP contribution in [0.3, 0.4) is 0 Å². The topological polar surface area (TPSA) is 46.2 Å². The number of nitrogens with one attached hydrogen (secondary N) is 1. The molecule has 1 N–H and O–H groups in total. The van der Waals surface area contributed by atoms with Crippen LogP contribution in [-0.2, 0) is 10.0 Å². The van der Waals surface area contributed by atoms with E-state index in [1.165, 1.54) is 0 Å². The number of sulfonamides is 1. The zero-order chi connectivity index (χ0) is 13.1. The predicted octanol–water partition coefficient (Wildman–Crippen LogP) is 2.82. The summed E-state index contributed by atoms with van der Waals surface area (Å²) in [5.74, 6) is 0.0511. The van der Waals surface area contributed by atoms with E-state index in [0.29, 0.717) is 6.54 Å². The highest BCUT2D eigenvalue weighted by molar-refractivity contribution is 9.11. The van der Waals surface area contributed by atoms with Gasteiger partial charge in [0, 0.05) is 12.5 Å². The second kappa shape index (κ2) is 5.80. The van der Waals surface area contributed by atoms with Gasteiger partial charge in [-0.1, -0.05) is 47.1 Å². The summed E-state index contributed by atoms with van der Waals surface area (Å²) >= 11 is 3.24. The van der Waals surface area contributed by atoms with Gasteiger partial charge >= 0.3 is 0 Å². The van der Waals surface area contributed by atoms with Gasteiger partial charge < -0.3 is 0 Å². The molecule has 0 heterocycles. The Labute approximate surface area is 111 Å². The maximum atomic E-state index is 11.9. The maximum absolute atomic E-state index is 11.9. The summed E-state index contributed by atoms with van der Waals surface area (Å²) in [6.45, 7) is 7.87. The van der Waals surface area contributed by atoms with E-state index in [2.05, 4.69) is 27.2 Å². The van der Waals surface area contributed by atoms with Gasteiger partial charge in [-0.25, -0.2) is 13.1 Å². The van der Waals surface area contributed by atoms with Crippen LogP contribution < -0.4 is 4.72 Å². The number of rotatable bonds is 5. The fourth-order valence-corrected chi connectivity index (χ4v) is 2.44. The molecule has 0 fully saturated rings. The fourth-order valence-electron chi connectivity index (χ4n) is 1.15. The summed E-state index contributed by atoms with van der Waals surface area (Å²) in [6, 6.07) is 6.76. The molecule has 0 radical (unpaired) electrons. The van der Waals surface area contributed by atoms with Crippen molar-refractivity contribution in [3.63, 3.8) is 0 Å². The van der Waals surface area contributed by atoms with E-state index >= 15 is 0 Å². The lowest BCUT2D eigenvalue weighted by atomic mass is 10.2. The first-order valence-electron chi connectivity index (χ1n) is 5.23. The van der Waals surface area contributed by atoms with Crippen molar-refractivity contribution in [2.75, 3.05) is 6.54 Å². The van der Waals surface area contributed by atoms with E-state index < -0.39 is 10.0 Å². The lowest BCUT2D eigenvalue weighted by Gasteiger charge is -2.11. The largest absolute Gasteiger partial charge is 0.240 e. The first-order chi connectivity index (χ1) is 7.83. The highest BCUT2D eigenvalue weighted by Gasteiger charge is 2.15. The molecule has 0 bridgehead atoms. The monoisotopic (exact) mass is 317 g/mol. The summed E-state index contributed by atoms with van der Waals surface area (Å²) < 4.78 is 27.2. The smallest absolute Gasteiger partial charge is 0.211 e. The molecule has 3 nitrogen and oxygen atoms in total. The molecular formula is C12H16BrNO2S. The molecule has 0 aliphatic rings. The first-order valence-corrected chi connectivity index (χ1v) is 7.51. The molecule has 0 saturated heterocycles. The van der Waals surface area contributed by atoms with Gasteiger partial charge in [-0.05, 0) is 23.5 Å². The van der Waals surface area contributed by atoms with Crippen molar-refractivity contribution in [1.82, 2.24) is 4.72 Å². The summed E-state index contributed by atoms with van der Waals surface area (Å²) in [6.07, 6.45) is 0. The van der Waals surface area contributed by atoms with Gasteiger partial charge in [0.1, 0.15) is 0 Å². The summed E-state index contributed by atoms with van der Waals surface area (Å²) in [4.78, 5) is 0.287. The molecule has 1 aromatic carbocycles. The molecule has 94 valence electrons. The SMILES string of the molecule is C=C(Br)C(C)CNS(=O)(=O)c1ccc(C)cc1. The third-order valence-electron chi connectivity index (χ3n) is 2.45. The first kappa shape index (κ1) is 14.4. The highest BCUT2D eigenvalue weighted by atomic mass is 79.9. The number of hydrogen-bond acceptors (Lipinski definition) is 2. The summed E-state index contributed by atoms with van der Waals surface area (Å²) in [5, 5.41) is 0. The van der Waals surface area contributed by atoms with Crippen LogP contribution in [-0.4, -0.2) is 15.0 Å². The molecule has 0 saturated carbocycles. The fraction of sp³-hybridized carbons (Fsp3) is 0.333. The van der Waals surface area contributed by atoms with Crippen molar-refractivity contribution in [1.29, 1.82) is 0 Å². The van der Waals surface area contributed by atoms with Gasteiger partial charge in [-0.2, -0.15) is 0 Å². The van der Waals surface area contributed by atoms with E-state index in [0.717, 1.165) is 10.0 Å². The van der Waals surface area contributed by atoms with Crippen molar-refractivity contribution >= 4 is 26.0 Å². The Kier molecular flexibility index (Phi) is 4.91. The number of benzene rings is 1. The van der Waals surface area contributed by atoms with Gasteiger partial charge in [-0.3, -0.25) is 0 Å². The minimum absolute atomic E-state index is 0.0511. The third-order valence-corrected chi connectivity index (χ3v) is 4.67. The van der Waals surface area contributed by atoms with Crippen molar-refractivity contribution in [3.05, 3.63) is 40.9 Å². The molecule has 0 spiro atoms. The minimum Gasteiger partial charge on any atom is -0.211 e. The minimum atomic E-state index is -3.42. The average molecular weight is 318 g/mol. The molecule has 1 aromatic rings. The summed E-state index contributed by atoms with van der Waals surface area (Å²) in [5.41, 5.74) is 1.03. The normalized spacial score (nSPS) is 13.4. The van der Waals surface area contributed by atoms with Gasteiger partial charge in [0.2, 0.25) is 10.0 Å². The molecule has 0 aliphatic carbocycles. The molecule has 1 atom stereocenters. The second-order valence-corrected chi connectivity index (χ2v) is 6.80. The molecule has 0 aromatic heterocycles. The molecule has 0 amide bonds. The van der Waals surface area contributed by atoms with E-state index in [1.807, 2.05) is 13.8 Å². The van der Waals surface area contributed by atoms with E-state index in [1.54, 1.807) is 24.3 Å². The highest BCUT2D eigenvalue weighted by Crippen LogP contribution is 2.15. The lowest BCUT2D eigenvalue weighted by molar-refractivity contribution is 0.570. The molecular weight excluding hydrogens is 302 g/mol. The van der Waals surface area contributed by atoms with Gasteiger partial charge in [0.15, 0.2) is 0 Å². The number of hydrogen-bond donors (Lipinski definition) is 1. The Morgan fingerprint density at radius 1 is 1.41 bits per heavy atom. The van der Waals surface area contributed by atoms with Crippen molar-refractivity contribution in [3.8, 4) is 0 Å². The van der Waals surface area contributed by atoms with E-state index in [4.69, 9.17) is 0 Å². The molecule has 1 rings (SSSR count). The molecule has 1 unspecified atom stereocenters. The second-order valence-electron chi connectivity index (χ2n) is 4.01. The molecule has 0 aliphatic heterocycles. The Morgan fingerprint density at radius 2 is 1.94 bits per heavy atom. The standard InChI is InChI=1S/C12H16BrNO2S/c1-9-4-6-12(7-5-9)17(15,16)14-8-10(2)11(3)13/h4-7,10,14H,3,8H2,1-2H3. The molecule has 5 heteroatoms. The molecule has 17 heavy (non-hydrogen) atoms. The van der Waals surface area contributed by atoms with Crippen LogP contribution in [0.2, 0.25) is 0 Å². The van der Waals surface area contributed by atoms with Crippen molar-refractivity contribution in [2.45, 2.75) is 18.7 Å². The van der Waals surface area contributed by atoms with Crippen LogP contribution in [0.1, 0.15) is 12.5 Å². The van der Waals surface area contributed by atoms with E-state index in [-0.39, 0.29) is 10.8 Å². The van der Waals surface area contributed by atoms with E-state index in [9.17, 15) is 8.42 Å². The van der Waals surface area contributed by atoms with Crippen LogP contribution in [0.4, 0.5) is 0 Å². The predicted molar refractivity (Wildman–Crippen MR) is 73.6 cm³/mol. The Hall–Kier alpha value is -0.650. The third kappa shape index (κ3) is 4.26.